The molecule has 0 aromatic heterocycles. The van der Waals surface area contributed by atoms with Crippen molar-refractivity contribution in [2.45, 2.75) is 100.0 Å². The predicted octanol–water partition coefficient (Wildman–Crippen LogP) is 7.50. The zero-order chi connectivity index (χ0) is 32.2. The van der Waals surface area contributed by atoms with Gasteiger partial charge in [-0.2, -0.15) is 0 Å². The average molecular weight is 779 g/mol. The molecule has 0 N–H and O–H groups in total. The summed E-state index contributed by atoms with van der Waals surface area (Å²) in [4.78, 5) is 0. The molecule has 3 heteroatoms. The number of fused-ring (bicyclic) bond motifs is 2. The van der Waals surface area contributed by atoms with Gasteiger partial charge in [-0.05, 0) is 0 Å². The quantitative estimate of drug-likeness (QED) is 0.174. The second-order valence-corrected chi connectivity index (χ2v) is 27.3. The van der Waals surface area contributed by atoms with Crippen LogP contribution in [0.1, 0.15) is 112 Å². The Kier molecular flexibility index (Phi) is 10.9. The van der Waals surface area contributed by atoms with Crippen LogP contribution in [0.2, 0.25) is 8.26 Å². The van der Waals surface area contributed by atoms with Gasteiger partial charge in [-0.3, -0.25) is 0 Å². The summed E-state index contributed by atoms with van der Waals surface area (Å²) >= 11 is -2.94. The summed E-state index contributed by atoms with van der Waals surface area (Å²) in [6, 6.07) is 33.9. The molecule has 0 amide bonds. The normalized spacial score (nSPS) is 21.6. The third kappa shape index (κ3) is 6.00. The largest absolute Gasteiger partial charge is 1.00 e. The molecule has 2 unspecified atom stereocenters. The molecule has 9 rings (SSSR count). The van der Waals surface area contributed by atoms with E-state index in [4.69, 9.17) is 0 Å². The first kappa shape index (κ1) is 36.2. The van der Waals surface area contributed by atoms with E-state index in [2.05, 4.69) is 111 Å². The van der Waals surface area contributed by atoms with Crippen molar-refractivity contribution in [2.24, 2.45) is 11.8 Å². The van der Waals surface area contributed by atoms with Crippen molar-refractivity contribution in [3.63, 3.8) is 0 Å². The van der Waals surface area contributed by atoms with Gasteiger partial charge in [0, 0.05) is 0 Å². The molecule has 4 aliphatic carbocycles. The van der Waals surface area contributed by atoms with Crippen LogP contribution in [0, 0.1) is 11.8 Å². The van der Waals surface area contributed by atoms with Crippen molar-refractivity contribution in [3.05, 3.63) is 129 Å². The van der Waals surface area contributed by atoms with Crippen LogP contribution in [-0.4, -0.2) is 0 Å². The SMILES string of the molecule is CCc1ccc(-c2cccc3c2C=C(C2CCCC2)[CH]3[Zr+2]2([CH]3C(C4CCCC4)=Cc4c(-c5ccc(CC)cc5)cccc43)[CH2]C[CH2]2)cc1.[Cl-].[Cl-]. The van der Waals surface area contributed by atoms with Crippen molar-refractivity contribution in [1.29, 1.82) is 0 Å². The fourth-order valence-electron chi connectivity index (χ4n) is 11.0. The molecule has 0 bridgehead atoms. The Morgan fingerprint density at radius 3 is 1.24 bits per heavy atom. The second kappa shape index (κ2) is 15.1. The summed E-state index contributed by atoms with van der Waals surface area (Å²) in [6.07, 6.45) is 20.5. The van der Waals surface area contributed by atoms with Crippen molar-refractivity contribution in [3.8, 4) is 22.3 Å². The molecular weight excluding hydrogens is 727 g/mol. The van der Waals surface area contributed by atoms with Gasteiger partial charge in [-0.1, -0.05) is 0 Å². The van der Waals surface area contributed by atoms with Crippen LogP contribution in [0.25, 0.3) is 34.4 Å². The maximum atomic E-state index is 2.79. The Labute approximate surface area is 318 Å². The summed E-state index contributed by atoms with van der Waals surface area (Å²) < 4.78 is 4.58. The van der Waals surface area contributed by atoms with Crippen LogP contribution in [0.5, 0.6) is 0 Å². The molecule has 2 saturated carbocycles. The Balaban J connectivity index is 0.00000196. The summed E-state index contributed by atoms with van der Waals surface area (Å²) in [7, 11) is 0. The summed E-state index contributed by atoms with van der Waals surface area (Å²) in [5, 5.41) is 0. The van der Waals surface area contributed by atoms with Gasteiger partial charge in [-0.25, -0.2) is 0 Å². The number of allylic oxidation sites excluding steroid dienone is 2. The Bertz CT molecular complexity index is 1750. The number of rotatable bonds is 8. The van der Waals surface area contributed by atoms with Gasteiger partial charge in [0.25, 0.3) is 0 Å². The van der Waals surface area contributed by atoms with Gasteiger partial charge in [0.1, 0.15) is 0 Å². The molecule has 3 fully saturated rings. The van der Waals surface area contributed by atoms with Crippen LogP contribution in [-0.2, 0) is 33.1 Å². The third-order valence-corrected chi connectivity index (χ3v) is 28.8. The van der Waals surface area contributed by atoms with Crippen molar-refractivity contribution in [2.75, 3.05) is 0 Å². The maximum Gasteiger partial charge on any atom is -1.00 e. The van der Waals surface area contributed by atoms with Crippen LogP contribution in [0.3, 0.4) is 0 Å². The standard InChI is InChI=1S/2C22H23.C3H6.2ClH.Zr/c2*1-2-16-10-12-18(13-11-16)21-9-5-8-19-14-20(15-22(19)21)17-6-3-4-7-17;1-3-2;;;/h2*5,8-15,17H,2-4,6-7H2,1H3;1-3H2;2*1H;/q;;;;;+2/p-2. The minimum atomic E-state index is -2.94. The number of hydrogen-bond acceptors (Lipinski definition) is 0. The number of aryl methyl sites for hydroxylation is 2. The van der Waals surface area contributed by atoms with Gasteiger partial charge in [0.2, 0.25) is 0 Å². The molecule has 1 saturated heterocycles. The van der Waals surface area contributed by atoms with E-state index in [1.165, 1.54) is 91.2 Å². The summed E-state index contributed by atoms with van der Waals surface area (Å²) in [5.74, 6) is 1.57. The average Bonchev–Trinajstić information content (AvgIpc) is 3.95. The minimum absolute atomic E-state index is 0. The monoisotopic (exact) mass is 776 g/mol. The van der Waals surface area contributed by atoms with E-state index in [-0.39, 0.29) is 24.8 Å². The number of benzene rings is 4. The zero-order valence-corrected chi connectivity index (χ0v) is 34.0. The van der Waals surface area contributed by atoms with E-state index in [1.54, 1.807) is 30.5 Å². The van der Waals surface area contributed by atoms with Gasteiger partial charge in [0.05, 0.1) is 0 Å². The Morgan fingerprint density at radius 1 is 0.500 bits per heavy atom. The molecule has 0 radical (unpaired) electrons. The van der Waals surface area contributed by atoms with Gasteiger partial charge < -0.3 is 24.8 Å². The molecule has 4 aromatic carbocycles. The molecule has 4 aromatic rings. The molecule has 0 nitrogen and oxygen atoms in total. The Morgan fingerprint density at radius 2 is 0.900 bits per heavy atom. The molecule has 1 heterocycles. The van der Waals surface area contributed by atoms with Gasteiger partial charge in [-0.15, -0.1) is 0 Å². The number of hydrogen-bond donors (Lipinski definition) is 0. The van der Waals surface area contributed by atoms with E-state index in [1.807, 2.05) is 11.1 Å². The second-order valence-electron chi connectivity index (χ2n) is 15.9. The minimum Gasteiger partial charge on any atom is -1.00 e. The van der Waals surface area contributed by atoms with Crippen LogP contribution in [0.15, 0.2) is 96.1 Å². The fraction of sp³-hybridized carbons (Fsp3) is 0.404. The molecule has 50 heavy (non-hydrogen) atoms. The van der Waals surface area contributed by atoms with Gasteiger partial charge >= 0.3 is 296 Å². The Hall–Kier alpha value is -2.18. The predicted molar refractivity (Wildman–Crippen MR) is 202 cm³/mol. The third-order valence-electron chi connectivity index (χ3n) is 13.6. The van der Waals surface area contributed by atoms with E-state index >= 15 is 0 Å². The first-order valence-corrected chi connectivity index (χ1v) is 25.9. The molecule has 5 aliphatic rings. The molecular formula is C47H52Cl2Zr. The molecule has 2 atom stereocenters. The smallest absolute Gasteiger partial charge is 1.00 e. The maximum absolute atomic E-state index is 2.94. The van der Waals surface area contributed by atoms with Crippen molar-refractivity contribution < 1.29 is 45.1 Å². The fourth-order valence-corrected chi connectivity index (χ4v) is 26.7. The molecule has 258 valence electrons. The van der Waals surface area contributed by atoms with Crippen molar-refractivity contribution in [1.82, 2.24) is 0 Å². The van der Waals surface area contributed by atoms with Crippen LogP contribution < -0.4 is 24.8 Å². The zero-order valence-electron chi connectivity index (χ0n) is 30.0. The van der Waals surface area contributed by atoms with E-state index in [0.29, 0.717) is 0 Å². The van der Waals surface area contributed by atoms with Gasteiger partial charge in [0.15, 0.2) is 0 Å². The summed E-state index contributed by atoms with van der Waals surface area (Å²) in [5.41, 5.74) is 19.0. The first-order valence-electron chi connectivity index (χ1n) is 19.6. The van der Waals surface area contributed by atoms with E-state index in [0.717, 1.165) is 31.9 Å². The summed E-state index contributed by atoms with van der Waals surface area (Å²) in [6.45, 7) is 4.53. The number of halogens is 2. The van der Waals surface area contributed by atoms with Crippen LogP contribution >= 0.6 is 0 Å². The van der Waals surface area contributed by atoms with E-state index < -0.39 is 20.3 Å². The van der Waals surface area contributed by atoms with Crippen molar-refractivity contribution >= 4 is 12.2 Å². The van der Waals surface area contributed by atoms with Crippen LogP contribution in [0.4, 0.5) is 0 Å². The topological polar surface area (TPSA) is 0 Å². The molecule has 0 spiro atoms. The molecule has 1 aliphatic heterocycles. The first-order chi connectivity index (χ1) is 23.7. The van der Waals surface area contributed by atoms with E-state index in [9.17, 15) is 0 Å².